The zero-order chi connectivity index (χ0) is 19.2. The van der Waals surface area contributed by atoms with Gasteiger partial charge in [-0.05, 0) is 30.3 Å². The lowest BCUT2D eigenvalue weighted by Gasteiger charge is -2.18. The Balaban J connectivity index is 1.66. The van der Waals surface area contributed by atoms with Crippen molar-refractivity contribution in [2.75, 3.05) is 24.2 Å². The van der Waals surface area contributed by atoms with Gasteiger partial charge in [0, 0.05) is 12.3 Å². The van der Waals surface area contributed by atoms with Crippen molar-refractivity contribution >= 4 is 46.5 Å². The van der Waals surface area contributed by atoms with Gasteiger partial charge in [0.05, 0.1) is 20.0 Å². The molecule has 0 fully saturated rings. The van der Waals surface area contributed by atoms with Crippen molar-refractivity contribution in [3.8, 4) is 11.5 Å². The number of nitrogens with one attached hydrogen (secondary N) is 1. The smallest absolute Gasteiger partial charge is 0.263 e. The summed E-state index contributed by atoms with van der Waals surface area (Å²) in [5.41, 5.74) is 0.507. The molecule has 0 radical (unpaired) electrons. The van der Waals surface area contributed by atoms with Crippen LogP contribution in [-0.2, 0) is 19.9 Å². The van der Waals surface area contributed by atoms with E-state index < -0.39 is 19.9 Å². The van der Waals surface area contributed by atoms with Crippen LogP contribution in [0.3, 0.4) is 0 Å². The lowest BCUT2D eigenvalue weighted by molar-refractivity contribution is 0.171. The molecule has 1 aliphatic heterocycles. The van der Waals surface area contributed by atoms with Crippen LogP contribution in [-0.4, -0.2) is 41.3 Å². The second kappa shape index (κ2) is 6.36. The van der Waals surface area contributed by atoms with E-state index in [9.17, 15) is 16.8 Å². The summed E-state index contributed by atoms with van der Waals surface area (Å²) in [4.78, 5) is 4.38. The summed E-state index contributed by atoms with van der Waals surface area (Å²) in [5, 5.41) is 0.144. The van der Waals surface area contributed by atoms with Gasteiger partial charge in [-0.1, -0.05) is 11.3 Å². The van der Waals surface area contributed by atoms with Crippen LogP contribution < -0.4 is 14.2 Å². The van der Waals surface area contributed by atoms with Crippen molar-refractivity contribution in [1.82, 2.24) is 4.98 Å². The van der Waals surface area contributed by atoms with Crippen LogP contribution in [0.25, 0.3) is 10.2 Å². The normalized spacial score (nSPS) is 14.3. The zero-order valence-electron chi connectivity index (χ0n) is 14.0. The molecule has 1 N–H and O–H groups in total. The highest BCUT2D eigenvalue weighted by molar-refractivity contribution is 7.93. The van der Waals surface area contributed by atoms with Gasteiger partial charge in [0.25, 0.3) is 10.0 Å². The van der Waals surface area contributed by atoms with Gasteiger partial charge in [-0.25, -0.2) is 21.8 Å². The molecule has 11 heteroatoms. The summed E-state index contributed by atoms with van der Waals surface area (Å²) < 4.78 is 62.4. The van der Waals surface area contributed by atoms with Crippen molar-refractivity contribution in [2.24, 2.45) is 0 Å². The maximum Gasteiger partial charge on any atom is 0.263 e. The number of aromatic nitrogens is 1. The fourth-order valence-corrected chi connectivity index (χ4v) is 5.42. The largest absolute Gasteiger partial charge is 0.486 e. The monoisotopic (exact) mass is 426 g/mol. The number of fused-ring (bicyclic) bond motifs is 2. The molecule has 0 aliphatic carbocycles. The first kappa shape index (κ1) is 18.0. The third-order valence-electron chi connectivity index (χ3n) is 3.83. The number of hydrogen-bond acceptors (Lipinski definition) is 8. The minimum absolute atomic E-state index is 0.0165. The molecule has 1 aromatic heterocycles. The number of benzene rings is 2. The van der Waals surface area contributed by atoms with E-state index in [0.717, 1.165) is 17.6 Å². The Morgan fingerprint density at radius 1 is 0.963 bits per heavy atom. The number of rotatable bonds is 4. The molecule has 0 atom stereocenters. The minimum Gasteiger partial charge on any atom is -0.486 e. The number of anilines is 1. The van der Waals surface area contributed by atoms with Gasteiger partial charge in [-0.3, -0.25) is 4.72 Å². The molecule has 2 heterocycles. The third-order valence-corrected chi connectivity index (χ3v) is 7.34. The van der Waals surface area contributed by atoms with E-state index in [1.807, 2.05) is 0 Å². The van der Waals surface area contributed by atoms with Gasteiger partial charge >= 0.3 is 0 Å². The van der Waals surface area contributed by atoms with Crippen LogP contribution >= 0.6 is 11.3 Å². The Bertz CT molecular complexity index is 1250. The molecule has 3 aromatic rings. The summed E-state index contributed by atoms with van der Waals surface area (Å²) in [6, 6.07) is 8.82. The Morgan fingerprint density at radius 3 is 2.41 bits per heavy atom. The fourth-order valence-electron chi connectivity index (χ4n) is 2.54. The fraction of sp³-hybridized carbons (Fsp3) is 0.188. The highest BCUT2D eigenvalue weighted by atomic mass is 32.2. The summed E-state index contributed by atoms with van der Waals surface area (Å²) in [7, 11) is -7.25. The van der Waals surface area contributed by atoms with Crippen LogP contribution in [0.5, 0.6) is 11.5 Å². The number of sulfonamides is 1. The van der Waals surface area contributed by atoms with Gasteiger partial charge in [0.15, 0.2) is 26.5 Å². The van der Waals surface area contributed by atoms with Gasteiger partial charge in [0.2, 0.25) is 0 Å². The maximum atomic E-state index is 12.7. The zero-order valence-corrected chi connectivity index (χ0v) is 16.4. The highest BCUT2D eigenvalue weighted by Gasteiger charge is 2.21. The van der Waals surface area contributed by atoms with Gasteiger partial charge in [0.1, 0.15) is 13.2 Å². The van der Waals surface area contributed by atoms with E-state index in [-0.39, 0.29) is 14.9 Å². The second-order valence-corrected chi connectivity index (χ2v) is 10.6. The molecule has 27 heavy (non-hydrogen) atoms. The number of nitrogens with zero attached hydrogens (tertiary/aromatic N) is 1. The summed E-state index contributed by atoms with van der Waals surface area (Å²) >= 11 is 1.06. The van der Waals surface area contributed by atoms with Crippen LogP contribution in [0.4, 0.5) is 5.13 Å². The molecule has 0 spiro atoms. The second-order valence-electron chi connectivity index (χ2n) is 5.83. The molecule has 0 bridgehead atoms. The van der Waals surface area contributed by atoms with Crippen molar-refractivity contribution in [3.05, 3.63) is 36.4 Å². The number of sulfone groups is 1. The van der Waals surface area contributed by atoms with E-state index in [1.54, 1.807) is 12.1 Å². The summed E-state index contributed by atoms with van der Waals surface area (Å²) in [6.07, 6.45) is 1.11. The first-order valence-electron chi connectivity index (χ1n) is 7.75. The van der Waals surface area contributed by atoms with Crippen molar-refractivity contribution in [3.63, 3.8) is 0 Å². The van der Waals surface area contributed by atoms with Crippen LogP contribution in [0.1, 0.15) is 0 Å². The average Bonchev–Trinajstić information content (AvgIpc) is 3.01. The van der Waals surface area contributed by atoms with E-state index >= 15 is 0 Å². The van der Waals surface area contributed by atoms with Crippen molar-refractivity contribution in [2.45, 2.75) is 9.79 Å². The molecule has 0 saturated carbocycles. The number of hydrogen-bond donors (Lipinski definition) is 1. The SMILES string of the molecule is CS(=O)(=O)c1ccc2nc(NS(=O)(=O)c3ccc4c(c3)OCCO4)sc2c1. The lowest BCUT2D eigenvalue weighted by Crippen LogP contribution is -2.17. The third kappa shape index (κ3) is 3.57. The van der Waals surface area contributed by atoms with Crippen molar-refractivity contribution in [1.29, 1.82) is 0 Å². The van der Waals surface area contributed by atoms with E-state index in [0.29, 0.717) is 34.9 Å². The van der Waals surface area contributed by atoms with E-state index in [4.69, 9.17) is 9.47 Å². The van der Waals surface area contributed by atoms with Crippen LogP contribution in [0.2, 0.25) is 0 Å². The van der Waals surface area contributed by atoms with Gasteiger partial charge < -0.3 is 9.47 Å². The van der Waals surface area contributed by atoms with E-state index in [1.165, 1.54) is 24.3 Å². The lowest BCUT2D eigenvalue weighted by atomic mass is 10.3. The predicted octanol–water partition coefficient (Wildman–Crippen LogP) is 2.27. The Morgan fingerprint density at radius 2 is 1.67 bits per heavy atom. The van der Waals surface area contributed by atoms with E-state index in [2.05, 4.69) is 9.71 Å². The number of ether oxygens (including phenoxy) is 2. The molecule has 8 nitrogen and oxygen atoms in total. The highest BCUT2D eigenvalue weighted by Crippen LogP contribution is 2.34. The van der Waals surface area contributed by atoms with Crippen LogP contribution in [0, 0.1) is 0 Å². The number of thiazole rings is 1. The molecule has 4 rings (SSSR count). The van der Waals surface area contributed by atoms with Crippen LogP contribution in [0.15, 0.2) is 46.2 Å². The molecular weight excluding hydrogens is 412 g/mol. The van der Waals surface area contributed by atoms with Crippen molar-refractivity contribution < 1.29 is 26.3 Å². The summed E-state index contributed by atoms with van der Waals surface area (Å²) in [6.45, 7) is 0.767. The topological polar surface area (TPSA) is 112 Å². The van der Waals surface area contributed by atoms with Gasteiger partial charge in [-0.15, -0.1) is 0 Å². The molecule has 2 aromatic carbocycles. The Labute approximate surface area is 159 Å². The average molecular weight is 426 g/mol. The molecular formula is C16H14N2O6S3. The first-order chi connectivity index (χ1) is 12.7. The molecule has 0 amide bonds. The van der Waals surface area contributed by atoms with Gasteiger partial charge in [-0.2, -0.15) is 0 Å². The molecule has 0 unspecified atom stereocenters. The quantitative estimate of drug-likeness (QED) is 0.681. The molecule has 142 valence electrons. The minimum atomic E-state index is -3.89. The molecule has 1 aliphatic rings. The Hall–Kier alpha value is -2.37. The summed E-state index contributed by atoms with van der Waals surface area (Å²) in [5.74, 6) is 0.861. The molecule has 0 saturated heterocycles. The standard InChI is InChI=1S/C16H14N2O6S3/c1-26(19,20)10-2-4-12-15(9-10)25-16(17-12)18-27(21,22)11-3-5-13-14(8-11)24-7-6-23-13/h2-5,8-9H,6-7H2,1H3,(H,17,18). The Kier molecular flexibility index (Phi) is 4.24. The predicted molar refractivity (Wildman–Crippen MR) is 101 cm³/mol. The first-order valence-corrected chi connectivity index (χ1v) is 11.9. The maximum absolute atomic E-state index is 12.7.